The zero-order chi connectivity index (χ0) is 22.0. The fraction of sp³-hybridized carbons (Fsp3) is 0.462. The summed E-state index contributed by atoms with van der Waals surface area (Å²) in [5.74, 6) is 0.782. The van der Waals surface area contributed by atoms with Crippen LogP contribution < -0.4 is 0 Å². The number of benzene rings is 2. The molecular formula is C26H31ClN2O2. The number of aryl methyl sites for hydroxylation is 1. The Morgan fingerprint density at radius 2 is 1.65 bits per heavy atom. The Morgan fingerprint density at radius 3 is 2.32 bits per heavy atom. The number of nitrogens with zero attached hydrogens (tertiary/aromatic N) is 2. The van der Waals surface area contributed by atoms with Crippen molar-refractivity contribution in [2.24, 2.45) is 5.92 Å². The molecule has 1 saturated carbocycles. The number of amides is 2. The molecule has 0 N–H and O–H groups in total. The first-order valence-corrected chi connectivity index (χ1v) is 11.7. The number of piperazine rings is 1. The monoisotopic (exact) mass is 438 g/mol. The highest BCUT2D eigenvalue weighted by Crippen LogP contribution is 2.34. The molecule has 2 aliphatic rings. The Labute approximate surface area is 190 Å². The van der Waals surface area contributed by atoms with Crippen molar-refractivity contribution in [1.82, 2.24) is 9.80 Å². The van der Waals surface area contributed by atoms with Crippen molar-refractivity contribution in [2.45, 2.75) is 58.0 Å². The number of carbonyl (C=O) groups is 2. The number of hydrogen-bond acceptors (Lipinski definition) is 2. The molecule has 1 heterocycles. The molecule has 1 aliphatic heterocycles. The Morgan fingerprint density at radius 1 is 0.968 bits per heavy atom. The van der Waals surface area contributed by atoms with E-state index in [0.717, 1.165) is 42.4 Å². The third kappa shape index (κ3) is 4.79. The maximum Gasteiger partial charge on any atom is 0.250 e. The zero-order valence-corrected chi connectivity index (χ0v) is 19.1. The number of hydrogen-bond donors (Lipinski definition) is 0. The van der Waals surface area contributed by atoms with Gasteiger partial charge >= 0.3 is 0 Å². The van der Waals surface area contributed by atoms with Gasteiger partial charge in [-0.1, -0.05) is 66.6 Å². The first-order chi connectivity index (χ1) is 14.9. The largest absolute Gasteiger partial charge is 0.328 e. The summed E-state index contributed by atoms with van der Waals surface area (Å²) in [7, 11) is 0. The summed E-state index contributed by atoms with van der Waals surface area (Å²) in [6.07, 6.45) is 4.84. The molecule has 5 heteroatoms. The second-order valence-corrected chi connectivity index (χ2v) is 9.53. The molecule has 4 rings (SSSR count). The molecule has 164 valence electrons. The summed E-state index contributed by atoms with van der Waals surface area (Å²) in [6.45, 7) is 4.96. The molecule has 1 aliphatic carbocycles. The molecule has 1 atom stereocenters. The van der Waals surface area contributed by atoms with E-state index in [2.05, 4.69) is 6.92 Å². The molecule has 2 aromatic rings. The van der Waals surface area contributed by atoms with Crippen molar-refractivity contribution in [2.75, 3.05) is 13.1 Å². The van der Waals surface area contributed by atoms with E-state index < -0.39 is 6.04 Å². The molecule has 0 aromatic heterocycles. The van der Waals surface area contributed by atoms with E-state index in [1.807, 2.05) is 60.4 Å². The van der Waals surface area contributed by atoms with Crippen LogP contribution in [-0.2, 0) is 16.0 Å². The van der Waals surface area contributed by atoms with Gasteiger partial charge in [0.25, 0.3) is 5.91 Å². The summed E-state index contributed by atoms with van der Waals surface area (Å²) < 4.78 is 0. The third-order valence-corrected chi connectivity index (χ3v) is 7.22. The van der Waals surface area contributed by atoms with Crippen LogP contribution in [0.15, 0.2) is 48.5 Å². The van der Waals surface area contributed by atoms with Crippen molar-refractivity contribution in [3.05, 3.63) is 70.2 Å². The van der Waals surface area contributed by atoms with Crippen LogP contribution in [0, 0.1) is 12.8 Å². The summed E-state index contributed by atoms with van der Waals surface area (Å²) >= 11 is 6.34. The average molecular weight is 439 g/mol. The average Bonchev–Trinajstić information content (AvgIpc) is 2.76. The molecule has 0 spiro atoms. The van der Waals surface area contributed by atoms with Crippen molar-refractivity contribution in [1.29, 1.82) is 0 Å². The van der Waals surface area contributed by atoms with Gasteiger partial charge in [0.2, 0.25) is 5.91 Å². The lowest BCUT2D eigenvalue weighted by Crippen LogP contribution is -2.59. The zero-order valence-electron chi connectivity index (χ0n) is 18.4. The molecule has 2 amide bonds. The quantitative estimate of drug-likeness (QED) is 0.645. The van der Waals surface area contributed by atoms with Gasteiger partial charge in [0.1, 0.15) is 12.6 Å². The van der Waals surface area contributed by atoms with Gasteiger partial charge in [-0.05, 0) is 62.1 Å². The SMILES string of the molecule is Cc1ccc([C@@H]2C(=O)N(C3CCC(C)CC3)CC(=O)N2CCc2ccccc2Cl)cc1. The van der Waals surface area contributed by atoms with Crippen LogP contribution in [0.4, 0.5) is 0 Å². The minimum Gasteiger partial charge on any atom is -0.328 e. The first-order valence-electron chi connectivity index (χ1n) is 11.3. The Bertz CT molecular complexity index is 935. The van der Waals surface area contributed by atoms with Crippen LogP contribution in [0.2, 0.25) is 5.02 Å². The van der Waals surface area contributed by atoms with Crippen LogP contribution in [-0.4, -0.2) is 40.7 Å². The van der Waals surface area contributed by atoms with E-state index in [9.17, 15) is 9.59 Å². The van der Waals surface area contributed by atoms with Crippen molar-refractivity contribution >= 4 is 23.4 Å². The number of rotatable bonds is 5. The van der Waals surface area contributed by atoms with Gasteiger partial charge in [-0.2, -0.15) is 0 Å². The van der Waals surface area contributed by atoms with E-state index in [1.165, 1.54) is 0 Å². The maximum atomic E-state index is 13.7. The van der Waals surface area contributed by atoms with Gasteiger partial charge < -0.3 is 9.80 Å². The highest BCUT2D eigenvalue weighted by atomic mass is 35.5. The van der Waals surface area contributed by atoms with Crippen LogP contribution in [0.25, 0.3) is 0 Å². The highest BCUT2D eigenvalue weighted by molar-refractivity contribution is 6.31. The number of carbonyl (C=O) groups excluding carboxylic acids is 2. The topological polar surface area (TPSA) is 40.6 Å². The van der Waals surface area contributed by atoms with E-state index in [1.54, 1.807) is 4.90 Å². The van der Waals surface area contributed by atoms with Gasteiger partial charge in [0.15, 0.2) is 0 Å². The summed E-state index contributed by atoms with van der Waals surface area (Å²) in [6, 6.07) is 15.3. The second-order valence-electron chi connectivity index (χ2n) is 9.12. The molecule has 0 radical (unpaired) electrons. The Kier molecular flexibility index (Phi) is 6.66. The lowest BCUT2D eigenvalue weighted by Gasteiger charge is -2.45. The Hall–Kier alpha value is -2.33. The summed E-state index contributed by atoms with van der Waals surface area (Å²) in [4.78, 5) is 30.7. The molecule has 0 bridgehead atoms. The van der Waals surface area contributed by atoms with E-state index in [0.29, 0.717) is 23.9 Å². The van der Waals surface area contributed by atoms with Crippen LogP contribution >= 0.6 is 11.6 Å². The predicted octanol–water partition coefficient (Wildman–Crippen LogP) is 5.18. The first kappa shape index (κ1) is 21.9. The standard InChI is InChI=1S/C26H31ClN2O2/c1-18-7-11-21(12-8-18)25-26(31)29(22-13-9-19(2)10-14-22)17-24(30)28(25)16-15-20-5-3-4-6-23(20)27/h3-8,11-12,19,22,25H,9-10,13-17H2,1-2H3/t19?,22?,25-/m1/s1. The third-order valence-electron chi connectivity index (χ3n) is 6.85. The van der Waals surface area contributed by atoms with Crippen molar-refractivity contribution in [3.8, 4) is 0 Å². The van der Waals surface area contributed by atoms with Crippen LogP contribution in [0.1, 0.15) is 55.3 Å². The molecule has 1 saturated heterocycles. The lowest BCUT2D eigenvalue weighted by atomic mass is 9.85. The lowest BCUT2D eigenvalue weighted by molar-refractivity contribution is -0.159. The van der Waals surface area contributed by atoms with Gasteiger partial charge in [0, 0.05) is 17.6 Å². The Balaban J connectivity index is 1.60. The van der Waals surface area contributed by atoms with Gasteiger partial charge in [0.05, 0.1) is 0 Å². The number of halogens is 1. The van der Waals surface area contributed by atoms with E-state index in [4.69, 9.17) is 11.6 Å². The van der Waals surface area contributed by atoms with Crippen LogP contribution in [0.3, 0.4) is 0 Å². The van der Waals surface area contributed by atoms with Crippen molar-refractivity contribution < 1.29 is 9.59 Å². The maximum absolute atomic E-state index is 13.7. The van der Waals surface area contributed by atoms with Crippen LogP contribution in [0.5, 0.6) is 0 Å². The summed E-state index contributed by atoms with van der Waals surface area (Å²) in [5.41, 5.74) is 3.02. The minimum absolute atomic E-state index is 0.0239. The van der Waals surface area contributed by atoms with Gasteiger partial charge in [-0.15, -0.1) is 0 Å². The molecule has 2 aromatic carbocycles. The fourth-order valence-electron chi connectivity index (χ4n) is 4.88. The summed E-state index contributed by atoms with van der Waals surface area (Å²) in [5, 5.41) is 0.697. The van der Waals surface area contributed by atoms with Crippen molar-refractivity contribution in [3.63, 3.8) is 0 Å². The minimum atomic E-state index is -0.566. The smallest absolute Gasteiger partial charge is 0.250 e. The fourth-order valence-corrected chi connectivity index (χ4v) is 5.11. The molecule has 4 nitrogen and oxygen atoms in total. The predicted molar refractivity (Wildman–Crippen MR) is 124 cm³/mol. The molecule has 2 fully saturated rings. The molecule has 31 heavy (non-hydrogen) atoms. The normalized spacial score (nSPS) is 24.5. The van der Waals surface area contributed by atoms with Gasteiger partial charge in [-0.3, -0.25) is 9.59 Å². The second kappa shape index (κ2) is 9.44. The van der Waals surface area contributed by atoms with E-state index in [-0.39, 0.29) is 24.4 Å². The van der Waals surface area contributed by atoms with E-state index >= 15 is 0 Å². The highest BCUT2D eigenvalue weighted by Gasteiger charge is 2.43. The van der Waals surface area contributed by atoms with Gasteiger partial charge in [-0.25, -0.2) is 0 Å². The molecular weight excluding hydrogens is 408 g/mol. The molecule has 0 unspecified atom stereocenters.